The lowest BCUT2D eigenvalue weighted by molar-refractivity contribution is -0.0263. The molecule has 1 saturated heterocycles. The summed E-state index contributed by atoms with van der Waals surface area (Å²) in [5.74, 6) is -0.609. The van der Waals surface area contributed by atoms with Crippen molar-refractivity contribution in [2.24, 2.45) is 7.05 Å². The molecule has 2 aromatic heterocycles. The number of nitrogens with zero attached hydrogens (tertiary/aromatic N) is 3. The molecule has 0 radical (unpaired) electrons. The number of nitrogens with one attached hydrogen (secondary N) is 3. The van der Waals surface area contributed by atoms with Crippen molar-refractivity contribution in [1.82, 2.24) is 20.1 Å². The largest absolute Gasteiger partial charge is 0.465 e. The van der Waals surface area contributed by atoms with Gasteiger partial charge in [-0.3, -0.25) is 14.8 Å². The molecule has 1 aliphatic rings. The normalized spacial score (nSPS) is 20.3. The smallest absolute Gasteiger partial charge is 0.409 e. The maximum absolute atomic E-state index is 12.9. The molecule has 1 fully saturated rings. The Kier molecular flexibility index (Phi) is 8.92. The minimum Gasteiger partial charge on any atom is -0.465 e. The first-order valence-electron chi connectivity index (χ1n) is 11.0. The van der Waals surface area contributed by atoms with Crippen LogP contribution in [-0.4, -0.2) is 69.4 Å². The van der Waals surface area contributed by atoms with Crippen LogP contribution in [0.1, 0.15) is 55.9 Å². The Hall–Kier alpha value is -2.75. The van der Waals surface area contributed by atoms with Crippen LogP contribution < -0.4 is 16.0 Å². The predicted octanol–water partition coefficient (Wildman–Crippen LogP) is 3.74. The van der Waals surface area contributed by atoms with Crippen LogP contribution >= 0.6 is 27.3 Å². The van der Waals surface area contributed by atoms with Gasteiger partial charge in [0.15, 0.2) is 9.61 Å². The summed E-state index contributed by atoms with van der Waals surface area (Å²) in [6, 6.07) is -0.349. The van der Waals surface area contributed by atoms with E-state index in [-0.39, 0.29) is 23.3 Å². The molecule has 0 spiro atoms. The van der Waals surface area contributed by atoms with Gasteiger partial charge in [-0.1, -0.05) is 11.3 Å². The Morgan fingerprint density at radius 1 is 1.28 bits per heavy atom. The van der Waals surface area contributed by atoms with Crippen molar-refractivity contribution >= 4 is 56.0 Å². The standard InChI is InChI=1S/C21H29BrN6O7S/c1-21(2,3)35-20(32)25-10-6-7-12(34-9-13(10)33-5)15-11(8-23-28(15)4)24-16(29)14-17(27-19(30)31)36-18(22)26-14/h8,10,12-13,27H,6-7,9H2,1-5H3,(H,24,29)(H,25,32)(H,30,31)/t10-,12+,13+/m1/s1. The van der Waals surface area contributed by atoms with E-state index in [1.807, 2.05) is 0 Å². The lowest BCUT2D eigenvalue weighted by Gasteiger charge is -2.26. The van der Waals surface area contributed by atoms with Crippen molar-refractivity contribution in [3.05, 3.63) is 21.5 Å². The van der Waals surface area contributed by atoms with Crippen molar-refractivity contribution in [3.8, 4) is 0 Å². The van der Waals surface area contributed by atoms with Gasteiger partial charge in [0.2, 0.25) is 0 Å². The van der Waals surface area contributed by atoms with Gasteiger partial charge < -0.3 is 30.0 Å². The van der Waals surface area contributed by atoms with E-state index in [9.17, 15) is 14.4 Å². The van der Waals surface area contributed by atoms with Crippen molar-refractivity contribution in [2.45, 2.75) is 57.5 Å². The topological polar surface area (TPSA) is 166 Å². The third kappa shape index (κ3) is 7.15. The van der Waals surface area contributed by atoms with Crippen molar-refractivity contribution < 1.29 is 33.7 Å². The predicted molar refractivity (Wildman–Crippen MR) is 135 cm³/mol. The van der Waals surface area contributed by atoms with Crippen molar-refractivity contribution in [2.75, 3.05) is 24.4 Å². The maximum atomic E-state index is 12.9. The molecule has 3 heterocycles. The fraction of sp³-hybridized carbons (Fsp3) is 0.571. The Morgan fingerprint density at radius 3 is 2.64 bits per heavy atom. The van der Waals surface area contributed by atoms with E-state index in [1.165, 1.54) is 6.20 Å². The van der Waals surface area contributed by atoms with Crippen molar-refractivity contribution in [1.29, 1.82) is 0 Å². The average Bonchev–Trinajstić information content (AvgIpc) is 3.22. The number of aryl methyl sites for hydroxylation is 1. The molecule has 4 N–H and O–H groups in total. The molecule has 3 atom stereocenters. The van der Waals surface area contributed by atoms with Gasteiger partial charge in [0, 0.05) is 14.2 Å². The molecule has 0 bridgehead atoms. The first-order valence-corrected chi connectivity index (χ1v) is 12.6. The summed E-state index contributed by atoms with van der Waals surface area (Å²) < 4.78 is 19.0. The van der Waals surface area contributed by atoms with Crippen LogP contribution in [-0.2, 0) is 21.3 Å². The lowest BCUT2D eigenvalue weighted by Crippen LogP contribution is -2.46. The molecule has 3 rings (SSSR count). The first kappa shape index (κ1) is 27.8. The molecule has 0 aliphatic carbocycles. The fourth-order valence-electron chi connectivity index (χ4n) is 3.74. The van der Waals surface area contributed by atoms with Crippen LogP contribution in [0.25, 0.3) is 0 Å². The molecule has 15 heteroatoms. The van der Waals surface area contributed by atoms with E-state index in [4.69, 9.17) is 19.3 Å². The second-order valence-electron chi connectivity index (χ2n) is 9.02. The van der Waals surface area contributed by atoms with Crippen LogP contribution in [0.2, 0.25) is 0 Å². The number of anilines is 2. The van der Waals surface area contributed by atoms with Crippen LogP contribution in [0.3, 0.4) is 0 Å². The second kappa shape index (κ2) is 11.5. The van der Waals surface area contributed by atoms with E-state index >= 15 is 0 Å². The molecule has 0 unspecified atom stereocenters. The van der Waals surface area contributed by atoms with Crippen molar-refractivity contribution in [3.63, 3.8) is 0 Å². The molecule has 2 aromatic rings. The fourth-order valence-corrected chi connectivity index (χ4v) is 5.08. The highest BCUT2D eigenvalue weighted by Gasteiger charge is 2.33. The van der Waals surface area contributed by atoms with Crippen LogP contribution in [0.4, 0.5) is 20.3 Å². The number of carbonyl (C=O) groups excluding carboxylic acids is 2. The summed E-state index contributed by atoms with van der Waals surface area (Å²) in [4.78, 5) is 40.4. The van der Waals surface area contributed by atoms with Crippen LogP contribution in [0.5, 0.6) is 0 Å². The highest BCUT2D eigenvalue weighted by atomic mass is 79.9. The molecule has 36 heavy (non-hydrogen) atoms. The van der Waals surface area contributed by atoms with E-state index in [1.54, 1.807) is 39.6 Å². The number of hydrogen-bond acceptors (Lipinski definition) is 9. The SMILES string of the molecule is CO[C@H]1CO[C@H](c2c(NC(=O)c3nc(Br)sc3NC(=O)O)cnn2C)CC[C@H]1NC(=O)OC(C)(C)C. The number of alkyl carbamates (subject to hydrolysis) is 1. The molecule has 3 amide bonds. The van der Waals surface area contributed by atoms with Gasteiger partial charge in [-0.25, -0.2) is 14.6 Å². The van der Waals surface area contributed by atoms with Gasteiger partial charge in [0.05, 0.1) is 30.2 Å². The monoisotopic (exact) mass is 588 g/mol. The molecular weight excluding hydrogens is 560 g/mol. The minimum atomic E-state index is -1.31. The average molecular weight is 589 g/mol. The van der Waals surface area contributed by atoms with E-state index < -0.39 is 35.9 Å². The van der Waals surface area contributed by atoms with Crippen LogP contribution in [0.15, 0.2) is 10.1 Å². The zero-order valence-electron chi connectivity index (χ0n) is 20.5. The summed E-state index contributed by atoms with van der Waals surface area (Å²) in [7, 11) is 3.27. The zero-order chi connectivity index (χ0) is 26.6. The number of rotatable bonds is 6. The Labute approximate surface area is 220 Å². The maximum Gasteiger partial charge on any atom is 0.409 e. The quantitative estimate of drug-likeness (QED) is 0.393. The molecule has 0 aromatic carbocycles. The number of aromatic nitrogens is 3. The third-order valence-corrected chi connectivity index (χ3v) is 6.65. The molecule has 1 aliphatic heterocycles. The van der Waals surface area contributed by atoms with Gasteiger partial charge in [-0.05, 0) is 49.5 Å². The van der Waals surface area contributed by atoms with Gasteiger partial charge >= 0.3 is 12.2 Å². The first-order chi connectivity index (χ1) is 16.9. The number of carbonyl (C=O) groups is 3. The summed E-state index contributed by atoms with van der Waals surface area (Å²) >= 11 is 4.16. The number of hydrogen-bond donors (Lipinski definition) is 4. The third-order valence-electron chi connectivity index (χ3n) is 5.23. The van der Waals surface area contributed by atoms with Gasteiger partial charge in [-0.2, -0.15) is 5.10 Å². The number of amides is 3. The Bertz CT molecular complexity index is 1110. The molecular formula is C21H29BrN6O7S. The minimum absolute atomic E-state index is 0.0769. The van der Waals surface area contributed by atoms with E-state index in [0.717, 1.165) is 11.3 Å². The highest BCUT2D eigenvalue weighted by molar-refractivity contribution is 9.11. The number of ether oxygens (including phenoxy) is 3. The Morgan fingerprint density at radius 2 is 2.00 bits per heavy atom. The van der Waals surface area contributed by atoms with E-state index in [0.29, 0.717) is 28.1 Å². The van der Waals surface area contributed by atoms with Gasteiger partial charge in [0.25, 0.3) is 5.91 Å². The number of methoxy groups -OCH3 is 1. The Balaban J connectivity index is 1.76. The molecule has 13 nitrogen and oxygen atoms in total. The van der Waals surface area contributed by atoms with Gasteiger partial charge in [-0.15, -0.1) is 0 Å². The lowest BCUT2D eigenvalue weighted by atomic mass is 10.0. The summed E-state index contributed by atoms with van der Waals surface area (Å²) in [6.07, 6.45) is -0.223. The summed E-state index contributed by atoms with van der Waals surface area (Å²) in [5, 5.41) is 21.2. The number of thiazole rings is 1. The summed E-state index contributed by atoms with van der Waals surface area (Å²) in [5.41, 5.74) is 0.292. The van der Waals surface area contributed by atoms with Crippen LogP contribution in [0, 0.1) is 0 Å². The second-order valence-corrected chi connectivity index (χ2v) is 11.3. The van der Waals surface area contributed by atoms with Gasteiger partial charge in [0.1, 0.15) is 22.8 Å². The van der Waals surface area contributed by atoms with E-state index in [2.05, 4.69) is 42.0 Å². The number of halogens is 1. The summed E-state index contributed by atoms with van der Waals surface area (Å²) in [6.45, 7) is 5.55. The highest BCUT2D eigenvalue weighted by Crippen LogP contribution is 2.34. The zero-order valence-corrected chi connectivity index (χ0v) is 22.9. The molecule has 0 saturated carbocycles. The molecule has 198 valence electrons. The number of carboxylic acid groups (broad SMARTS) is 1.